The molecule has 0 N–H and O–H groups in total. The molecule has 1 rings (SSSR count). The van der Waals surface area contributed by atoms with E-state index in [4.69, 9.17) is 4.74 Å². The van der Waals surface area contributed by atoms with Crippen LogP contribution in [0.25, 0.3) is 0 Å². The number of hydrogen-bond acceptors (Lipinski definition) is 1. The summed E-state index contributed by atoms with van der Waals surface area (Å²) in [5.41, 5.74) is -0.0311. The van der Waals surface area contributed by atoms with Crippen molar-refractivity contribution in [3.8, 4) is 0 Å². The van der Waals surface area contributed by atoms with Crippen LogP contribution in [0.1, 0.15) is 40.5 Å². The summed E-state index contributed by atoms with van der Waals surface area (Å²) in [7, 11) is 0. The van der Waals surface area contributed by atoms with Gasteiger partial charge in [-0.25, -0.2) is 4.39 Å². The van der Waals surface area contributed by atoms with Gasteiger partial charge in [-0.3, -0.25) is 0 Å². The Hall–Kier alpha value is -0.630. The zero-order valence-corrected chi connectivity index (χ0v) is 10.1. The summed E-state index contributed by atoms with van der Waals surface area (Å²) >= 11 is 0. The lowest BCUT2D eigenvalue weighted by Gasteiger charge is -2.28. The Morgan fingerprint density at radius 2 is 2.13 bits per heavy atom. The van der Waals surface area contributed by atoms with Crippen molar-refractivity contribution >= 4 is 0 Å². The van der Waals surface area contributed by atoms with Gasteiger partial charge in [0, 0.05) is 6.61 Å². The summed E-state index contributed by atoms with van der Waals surface area (Å²) in [4.78, 5) is 0. The summed E-state index contributed by atoms with van der Waals surface area (Å²) in [6.07, 6.45) is 6.86. The molecule has 0 spiro atoms. The zero-order valence-electron chi connectivity index (χ0n) is 10.1. The Bertz CT molecular complexity index is 273. The minimum atomic E-state index is -0.121. The van der Waals surface area contributed by atoms with Gasteiger partial charge < -0.3 is 4.74 Å². The van der Waals surface area contributed by atoms with Gasteiger partial charge in [-0.2, -0.15) is 0 Å². The lowest BCUT2D eigenvalue weighted by Crippen LogP contribution is -2.24. The molecule has 15 heavy (non-hydrogen) atoms. The topological polar surface area (TPSA) is 9.23 Å². The van der Waals surface area contributed by atoms with Crippen LogP contribution in [0.3, 0.4) is 0 Å². The van der Waals surface area contributed by atoms with Crippen LogP contribution in [0, 0.1) is 5.41 Å². The Kier molecular flexibility index (Phi) is 3.72. The maximum atomic E-state index is 12.8. The van der Waals surface area contributed by atoms with Crippen molar-refractivity contribution in [2.75, 3.05) is 6.61 Å². The molecule has 1 unspecified atom stereocenters. The molecule has 0 radical (unpaired) electrons. The van der Waals surface area contributed by atoms with Gasteiger partial charge in [0.2, 0.25) is 0 Å². The van der Waals surface area contributed by atoms with E-state index in [1.54, 1.807) is 12.2 Å². The highest BCUT2D eigenvalue weighted by atomic mass is 19.1. The standard InChI is InChI=1S/C13H21FO/c1-12(2,3)15-10-9-13(4)7-5-11(14)6-8-13/h5-7H,8-10H2,1-4H3. The molecule has 2 heteroatoms. The Morgan fingerprint density at radius 1 is 1.47 bits per heavy atom. The van der Waals surface area contributed by atoms with Crippen LogP contribution < -0.4 is 0 Å². The number of halogens is 1. The van der Waals surface area contributed by atoms with E-state index in [0.717, 1.165) is 19.4 Å². The van der Waals surface area contributed by atoms with Gasteiger partial charge in [0.15, 0.2) is 0 Å². The third-order valence-electron chi connectivity index (χ3n) is 2.62. The second-order valence-electron chi connectivity index (χ2n) is 5.49. The molecule has 86 valence electrons. The van der Waals surface area contributed by atoms with E-state index in [0.29, 0.717) is 0 Å². The van der Waals surface area contributed by atoms with Gasteiger partial charge >= 0.3 is 0 Å². The zero-order chi connectivity index (χ0) is 11.5. The minimum Gasteiger partial charge on any atom is -0.376 e. The van der Waals surface area contributed by atoms with E-state index in [2.05, 4.69) is 6.92 Å². The first kappa shape index (κ1) is 12.4. The van der Waals surface area contributed by atoms with Crippen molar-refractivity contribution < 1.29 is 9.13 Å². The van der Waals surface area contributed by atoms with Gasteiger partial charge in [0.1, 0.15) is 5.83 Å². The minimum absolute atomic E-state index is 0.0564. The number of hydrogen-bond donors (Lipinski definition) is 0. The van der Waals surface area contributed by atoms with Gasteiger partial charge in [-0.15, -0.1) is 0 Å². The highest BCUT2D eigenvalue weighted by Gasteiger charge is 2.23. The van der Waals surface area contributed by atoms with E-state index < -0.39 is 0 Å². The predicted molar refractivity (Wildman–Crippen MR) is 61.4 cm³/mol. The summed E-state index contributed by atoms with van der Waals surface area (Å²) in [6, 6.07) is 0. The van der Waals surface area contributed by atoms with Crippen LogP contribution in [-0.4, -0.2) is 12.2 Å². The van der Waals surface area contributed by atoms with Crippen LogP contribution >= 0.6 is 0 Å². The molecule has 0 aliphatic heterocycles. The molecular formula is C13H21FO. The molecule has 1 nitrogen and oxygen atoms in total. The maximum Gasteiger partial charge on any atom is 0.118 e. The van der Waals surface area contributed by atoms with Crippen LogP contribution in [0.5, 0.6) is 0 Å². The Morgan fingerprint density at radius 3 is 2.60 bits per heavy atom. The lowest BCUT2D eigenvalue weighted by molar-refractivity contribution is -0.0130. The van der Waals surface area contributed by atoms with Gasteiger partial charge in [-0.05, 0) is 51.2 Å². The molecule has 0 aromatic carbocycles. The second kappa shape index (κ2) is 4.48. The Balaban J connectivity index is 2.37. The first-order valence-electron chi connectivity index (χ1n) is 5.50. The first-order valence-corrected chi connectivity index (χ1v) is 5.50. The van der Waals surface area contributed by atoms with Gasteiger partial charge in [0.05, 0.1) is 5.60 Å². The molecule has 0 bridgehead atoms. The van der Waals surface area contributed by atoms with Crippen LogP contribution in [-0.2, 0) is 4.74 Å². The van der Waals surface area contributed by atoms with Crippen molar-refractivity contribution in [1.82, 2.24) is 0 Å². The molecule has 0 aromatic rings. The molecule has 0 saturated heterocycles. The van der Waals surface area contributed by atoms with E-state index in [9.17, 15) is 4.39 Å². The third kappa shape index (κ3) is 4.61. The van der Waals surface area contributed by atoms with Crippen LogP contribution in [0.15, 0.2) is 24.1 Å². The molecule has 0 fully saturated rings. The fraction of sp³-hybridized carbons (Fsp3) is 0.692. The maximum absolute atomic E-state index is 12.8. The van der Waals surface area contributed by atoms with Crippen LogP contribution in [0.2, 0.25) is 0 Å². The number of rotatable bonds is 3. The van der Waals surface area contributed by atoms with Crippen molar-refractivity contribution in [2.45, 2.75) is 46.1 Å². The predicted octanol–water partition coefficient (Wildman–Crippen LogP) is 4.01. The van der Waals surface area contributed by atoms with Crippen molar-refractivity contribution in [1.29, 1.82) is 0 Å². The number of ether oxygens (including phenoxy) is 1. The van der Waals surface area contributed by atoms with E-state index in [1.165, 1.54) is 0 Å². The smallest absolute Gasteiger partial charge is 0.118 e. The van der Waals surface area contributed by atoms with Gasteiger partial charge in [0.25, 0.3) is 0 Å². The highest BCUT2D eigenvalue weighted by Crippen LogP contribution is 2.33. The third-order valence-corrected chi connectivity index (χ3v) is 2.62. The van der Waals surface area contributed by atoms with Gasteiger partial charge in [-0.1, -0.05) is 13.0 Å². The summed E-state index contributed by atoms with van der Waals surface area (Å²) in [5, 5.41) is 0. The van der Waals surface area contributed by atoms with Crippen molar-refractivity contribution in [3.05, 3.63) is 24.1 Å². The molecule has 0 heterocycles. The summed E-state index contributed by atoms with van der Waals surface area (Å²) < 4.78 is 18.5. The molecule has 1 atom stereocenters. The normalized spacial score (nSPS) is 26.6. The lowest BCUT2D eigenvalue weighted by atomic mass is 9.81. The van der Waals surface area contributed by atoms with E-state index >= 15 is 0 Å². The average molecular weight is 212 g/mol. The molecular weight excluding hydrogens is 191 g/mol. The molecule has 0 amide bonds. The molecule has 1 aliphatic carbocycles. The summed E-state index contributed by atoms with van der Waals surface area (Å²) in [5.74, 6) is -0.121. The number of allylic oxidation sites excluding steroid dienone is 4. The van der Waals surface area contributed by atoms with E-state index in [1.807, 2.05) is 26.8 Å². The molecule has 0 aromatic heterocycles. The quantitative estimate of drug-likeness (QED) is 0.686. The second-order valence-corrected chi connectivity index (χ2v) is 5.49. The SMILES string of the molecule is CC1(CCOC(C)(C)C)C=CC(F)=CC1. The van der Waals surface area contributed by atoms with Crippen molar-refractivity contribution in [3.63, 3.8) is 0 Å². The fourth-order valence-corrected chi connectivity index (χ4v) is 1.52. The van der Waals surface area contributed by atoms with Crippen LogP contribution in [0.4, 0.5) is 4.39 Å². The largest absolute Gasteiger partial charge is 0.376 e. The van der Waals surface area contributed by atoms with Crippen molar-refractivity contribution in [2.24, 2.45) is 5.41 Å². The molecule has 0 saturated carbocycles. The first-order chi connectivity index (χ1) is 6.81. The summed E-state index contributed by atoms with van der Waals surface area (Å²) in [6.45, 7) is 9.00. The monoisotopic (exact) mass is 212 g/mol. The van der Waals surface area contributed by atoms with E-state index in [-0.39, 0.29) is 16.8 Å². The Labute approximate surface area is 92.0 Å². The molecule has 1 aliphatic rings. The average Bonchev–Trinajstić information content (AvgIpc) is 2.09. The highest BCUT2D eigenvalue weighted by molar-refractivity contribution is 5.20. The fourth-order valence-electron chi connectivity index (χ4n) is 1.52.